The number of hydrogen-bond acceptors (Lipinski definition) is 2. The van der Waals surface area contributed by atoms with Crippen molar-refractivity contribution in [1.82, 2.24) is 0 Å². The Balaban J connectivity index is 1.90. The quantitative estimate of drug-likeness (QED) is 0.675. The van der Waals surface area contributed by atoms with E-state index in [2.05, 4.69) is 37.9 Å². The van der Waals surface area contributed by atoms with Gasteiger partial charge in [0.05, 0.1) is 6.61 Å². The van der Waals surface area contributed by atoms with Crippen molar-refractivity contribution in [2.24, 2.45) is 0 Å². The fourth-order valence-corrected chi connectivity index (χ4v) is 3.45. The first kappa shape index (κ1) is 14.8. The molecule has 0 aromatic heterocycles. The Morgan fingerprint density at radius 1 is 1.24 bits per heavy atom. The normalized spacial score (nSPS) is 12.9. The average molecular weight is 410 g/mol. The van der Waals surface area contributed by atoms with Crippen molar-refractivity contribution >= 4 is 37.6 Å². The molecule has 0 saturated heterocycles. The van der Waals surface area contributed by atoms with Crippen LogP contribution in [-0.2, 0) is 12.8 Å². The number of ketones is 1. The third kappa shape index (κ3) is 3.06. The fraction of sp³-hybridized carbons (Fsp3) is 0.235. The second kappa shape index (κ2) is 5.93. The first-order valence-electron chi connectivity index (χ1n) is 6.78. The molecule has 4 heteroatoms. The van der Waals surface area contributed by atoms with E-state index in [0.29, 0.717) is 13.0 Å². The van der Waals surface area contributed by atoms with Crippen LogP contribution in [0.1, 0.15) is 27.0 Å². The summed E-state index contributed by atoms with van der Waals surface area (Å²) in [5.41, 5.74) is 3.98. The van der Waals surface area contributed by atoms with Crippen LogP contribution in [0, 0.1) is 6.92 Å². The average Bonchev–Trinajstić information content (AvgIpc) is 2.90. The minimum Gasteiger partial charge on any atom is -0.493 e. The monoisotopic (exact) mass is 408 g/mol. The molecule has 1 aliphatic rings. The second-order valence-electron chi connectivity index (χ2n) is 5.22. The summed E-state index contributed by atoms with van der Waals surface area (Å²) in [6.45, 7) is 2.70. The Labute approximate surface area is 140 Å². The fourth-order valence-electron chi connectivity index (χ4n) is 2.52. The van der Waals surface area contributed by atoms with Gasteiger partial charge in [-0.15, -0.1) is 0 Å². The standard InChI is InChI=1S/C17H14Br2O2/c1-10-2-3-11(8-15(10)19)16(20)9-13-7-14(18)6-12-4-5-21-17(12)13/h2-3,6-8H,4-5,9H2,1H3. The van der Waals surface area contributed by atoms with Gasteiger partial charge in [0.25, 0.3) is 0 Å². The van der Waals surface area contributed by atoms with Gasteiger partial charge < -0.3 is 4.74 Å². The minimum atomic E-state index is 0.103. The lowest BCUT2D eigenvalue weighted by Crippen LogP contribution is -2.05. The number of aryl methyl sites for hydroxylation is 1. The molecule has 1 aliphatic heterocycles. The van der Waals surface area contributed by atoms with E-state index < -0.39 is 0 Å². The maximum Gasteiger partial charge on any atom is 0.167 e. The van der Waals surface area contributed by atoms with Gasteiger partial charge in [0.1, 0.15) is 5.75 Å². The topological polar surface area (TPSA) is 26.3 Å². The molecule has 3 rings (SSSR count). The van der Waals surface area contributed by atoms with Gasteiger partial charge in [-0.25, -0.2) is 0 Å². The SMILES string of the molecule is Cc1ccc(C(=O)Cc2cc(Br)cc3c2OCC3)cc1Br. The number of fused-ring (bicyclic) bond motifs is 1. The highest BCUT2D eigenvalue weighted by atomic mass is 79.9. The van der Waals surface area contributed by atoms with Gasteiger partial charge in [0.15, 0.2) is 5.78 Å². The van der Waals surface area contributed by atoms with Crippen LogP contribution < -0.4 is 4.74 Å². The summed E-state index contributed by atoms with van der Waals surface area (Å²) in [5, 5.41) is 0. The molecule has 108 valence electrons. The van der Waals surface area contributed by atoms with Crippen molar-refractivity contribution in [2.75, 3.05) is 6.61 Å². The molecule has 0 fully saturated rings. The van der Waals surface area contributed by atoms with Crippen molar-refractivity contribution < 1.29 is 9.53 Å². The predicted octanol–water partition coefficient (Wildman–Crippen LogP) is 4.88. The van der Waals surface area contributed by atoms with Crippen molar-refractivity contribution in [3.8, 4) is 5.75 Å². The molecular weight excluding hydrogens is 396 g/mol. The maximum absolute atomic E-state index is 12.5. The Hall–Kier alpha value is -1.13. The maximum atomic E-state index is 12.5. The van der Waals surface area contributed by atoms with Gasteiger partial charge >= 0.3 is 0 Å². The van der Waals surface area contributed by atoms with E-state index in [0.717, 1.165) is 37.8 Å². The molecule has 0 amide bonds. The van der Waals surface area contributed by atoms with E-state index in [1.165, 1.54) is 5.56 Å². The van der Waals surface area contributed by atoms with Crippen LogP contribution in [0.15, 0.2) is 39.3 Å². The van der Waals surface area contributed by atoms with Gasteiger partial charge in [0, 0.05) is 32.9 Å². The highest BCUT2D eigenvalue weighted by Crippen LogP contribution is 2.33. The zero-order valence-corrected chi connectivity index (χ0v) is 14.8. The van der Waals surface area contributed by atoms with Crippen LogP contribution in [-0.4, -0.2) is 12.4 Å². The van der Waals surface area contributed by atoms with Gasteiger partial charge in [0.2, 0.25) is 0 Å². The summed E-state index contributed by atoms with van der Waals surface area (Å²) in [5.74, 6) is 0.990. The van der Waals surface area contributed by atoms with E-state index >= 15 is 0 Å². The summed E-state index contributed by atoms with van der Waals surface area (Å²) >= 11 is 6.99. The molecule has 0 saturated carbocycles. The van der Waals surface area contributed by atoms with E-state index in [-0.39, 0.29) is 5.78 Å². The zero-order valence-electron chi connectivity index (χ0n) is 11.6. The number of hydrogen-bond donors (Lipinski definition) is 0. The number of carbonyl (C=O) groups excluding carboxylic acids is 1. The van der Waals surface area contributed by atoms with Crippen LogP contribution in [0.4, 0.5) is 0 Å². The van der Waals surface area contributed by atoms with Crippen LogP contribution in [0.3, 0.4) is 0 Å². The Morgan fingerprint density at radius 3 is 2.81 bits per heavy atom. The second-order valence-corrected chi connectivity index (χ2v) is 6.99. The molecule has 0 radical (unpaired) electrons. The Kier molecular flexibility index (Phi) is 4.18. The van der Waals surface area contributed by atoms with E-state index in [9.17, 15) is 4.79 Å². The third-order valence-electron chi connectivity index (χ3n) is 3.67. The lowest BCUT2D eigenvalue weighted by molar-refractivity contribution is 0.0992. The zero-order chi connectivity index (χ0) is 15.0. The molecule has 0 spiro atoms. The molecule has 1 heterocycles. The number of rotatable bonds is 3. The molecule has 0 aliphatic carbocycles. The molecule has 2 aromatic rings. The van der Waals surface area contributed by atoms with Crippen LogP contribution >= 0.6 is 31.9 Å². The van der Waals surface area contributed by atoms with Crippen LogP contribution in [0.2, 0.25) is 0 Å². The van der Waals surface area contributed by atoms with E-state index in [4.69, 9.17) is 4.74 Å². The molecule has 0 atom stereocenters. The van der Waals surface area contributed by atoms with Gasteiger partial charge in [-0.2, -0.15) is 0 Å². The van der Waals surface area contributed by atoms with Crippen molar-refractivity contribution in [3.05, 3.63) is 61.5 Å². The molecule has 0 N–H and O–H groups in total. The first-order chi connectivity index (χ1) is 10.0. The van der Waals surface area contributed by atoms with E-state index in [1.807, 2.05) is 31.2 Å². The van der Waals surface area contributed by atoms with Crippen molar-refractivity contribution in [1.29, 1.82) is 0 Å². The Bertz CT molecular complexity index is 723. The summed E-state index contributed by atoms with van der Waals surface area (Å²) in [6, 6.07) is 9.77. The largest absolute Gasteiger partial charge is 0.493 e. The first-order valence-corrected chi connectivity index (χ1v) is 8.36. The minimum absolute atomic E-state index is 0.103. The molecule has 2 nitrogen and oxygen atoms in total. The number of carbonyl (C=O) groups is 1. The molecular formula is C17H14Br2O2. The molecule has 2 aromatic carbocycles. The highest BCUT2D eigenvalue weighted by Gasteiger charge is 2.20. The number of ether oxygens (including phenoxy) is 1. The highest BCUT2D eigenvalue weighted by molar-refractivity contribution is 9.10. The smallest absolute Gasteiger partial charge is 0.167 e. The van der Waals surface area contributed by atoms with Crippen molar-refractivity contribution in [2.45, 2.75) is 19.8 Å². The number of Topliss-reactive ketones (excluding diaryl/α,β-unsaturated/α-hetero) is 1. The lowest BCUT2D eigenvalue weighted by atomic mass is 9.99. The van der Waals surface area contributed by atoms with Gasteiger partial charge in [-0.3, -0.25) is 4.79 Å². The van der Waals surface area contributed by atoms with Crippen molar-refractivity contribution in [3.63, 3.8) is 0 Å². The van der Waals surface area contributed by atoms with E-state index in [1.54, 1.807) is 0 Å². The summed E-state index contributed by atoms with van der Waals surface area (Å²) in [4.78, 5) is 12.5. The molecule has 21 heavy (non-hydrogen) atoms. The summed E-state index contributed by atoms with van der Waals surface area (Å²) < 4.78 is 7.64. The third-order valence-corrected chi connectivity index (χ3v) is 4.98. The number of benzene rings is 2. The van der Waals surface area contributed by atoms with Gasteiger partial charge in [-0.1, -0.05) is 44.0 Å². The van der Waals surface area contributed by atoms with Crippen LogP contribution in [0.5, 0.6) is 5.75 Å². The predicted molar refractivity (Wildman–Crippen MR) is 90.3 cm³/mol. The van der Waals surface area contributed by atoms with Gasteiger partial charge in [-0.05, 0) is 36.2 Å². The summed E-state index contributed by atoms with van der Waals surface area (Å²) in [7, 11) is 0. The summed E-state index contributed by atoms with van der Waals surface area (Å²) in [6.07, 6.45) is 1.27. The molecule has 0 unspecified atom stereocenters. The molecule has 0 bridgehead atoms. The number of halogens is 2. The Morgan fingerprint density at radius 2 is 2.05 bits per heavy atom. The van der Waals surface area contributed by atoms with Crippen LogP contribution in [0.25, 0.3) is 0 Å². The lowest BCUT2D eigenvalue weighted by Gasteiger charge is -2.09.